The van der Waals surface area contributed by atoms with E-state index in [0.717, 1.165) is 36.0 Å². The van der Waals surface area contributed by atoms with E-state index >= 15 is 0 Å². The topological polar surface area (TPSA) is 0 Å². The van der Waals surface area contributed by atoms with Gasteiger partial charge in [-0.2, -0.15) is 53.1 Å². The van der Waals surface area contributed by atoms with Crippen LogP contribution in [0.3, 0.4) is 0 Å². The molecule has 4 bridgehead atoms. The smallest absolute Gasteiger partial charge is 0.0253 e. The standard InChI is InChI=1S/C21H26.C16H21.C13H9.2ClH.Zr/c1-20(2,3)18-11-7-16(8-12-18)15-17-9-13-19(14-10-17)21(4,5)6;1-10-2-3-13(4-10)16-14-6-11-5-12(8-14)9-15(16)7-11;1-3-7-12-10(5-1)9-11-6-2-4-8-13(11)12;;;/h7-14H,1-6H3;2-4,11-12,14-16H,5-9H2,1H3;1-5,7-8H,9H2;2*1H;/q;2*-1;;;+2/p-2. The molecule has 0 aromatic heterocycles. The summed E-state index contributed by atoms with van der Waals surface area (Å²) in [6.07, 6.45) is 8.79. The van der Waals surface area contributed by atoms with E-state index in [9.17, 15) is 0 Å². The first-order valence-electron chi connectivity index (χ1n) is 19.4. The van der Waals surface area contributed by atoms with Crippen molar-refractivity contribution in [1.82, 2.24) is 0 Å². The van der Waals surface area contributed by atoms with Crippen molar-refractivity contribution >= 4 is 3.21 Å². The summed E-state index contributed by atoms with van der Waals surface area (Å²) >= 11 is 1.46. The predicted molar refractivity (Wildman–Crippen MR) is 214 cm³/mol. The first kappa shape index (κ1) is 41.7. The number of hydrogen-bond acceptors (Lipinski definition) is 0. The molecule has 4 fully saturated rings. The minimum atomic E-state index is 0. The van der Waals surface area contributed by atoms with Gasteiger partial charge >= 0.3 is 151 Å². The van der Waals surface area contributed by atoms with Gasteiger partial charge in [-0.15, -0.1) is 5.56 Å². The van der Waals surface area contributed by atoms with E-state index in [0.29, 0.717) is 0 Å². The molecule has 4 saturated carbocycles. The average Bonchev–Trinajstić information content (AvgIpc) is 3.71. The SMILES string of the molecule is CC(C)(C)c1ccc([C](=[Zr+2])c2ccc(C(C)(C)C)cc2)cc1.Cc1cc(C2C3CC4CC(C3)CC2C4)c[cH-]1.[Cl-].[Cl-].[c-]1cccc2c1Cc1ccccc1-2. The van der Waals surface area contributed by atoms with Crippen LogP contribution in [0.5, 0.6) is 0 Å². The molecule has 0 aliphatic heterocycles. The zero-order chi connectivity index (χ0) is 35.9. The van der Waals surface area contributed by atoms with Crippen LogP contribution in [0.2, 0.25) is 0 Å². The summed E-state index contributed by atoms with van der Waals surface area (Å²) in [4.78, 5) is 0. The molecule has 0 spiro atoms. The fraction of sp³-hybridized carbons (Fsp3) is 0.400. The Labute approximate surface area is 348 Å². The van der Waals surface area contributed by atoms with Gasteiger partial charge in [0.25, 0.3) is 0 Å². The van der Waals surface area contributed by atoms with Crippen molar-refractivity contribution in [3.8, 4) is 11.1 Å². The molecule has 53 heavy (non-hydrogen) atoms. The average molecular weight is 819 g/mol. The molecule has 0 saturated heterocycles. The fourth-order valence-corrected chi connectivity index (χ4v) is 10.5. The number of benzene rings is 4. The molecule has 5 aromatic rings. The van der Waals surface area contributed by atoms with Crippen LogP contribution in [0.4, 0.5) is 0 Å². The largest absolute Gasteiger partial charge is 1.00 e. The Balaban J connectivity index is 0.000000155. The van der Waals surface area contributed by atoms with Gasteiger partial charge in [0.15, 0.2) is 0 Å². The predicted octanol–water partition coefficient (Wildman–Crippen LogP) is 6.72. The van der Waals surface area contributed by atoms with Crippen LogP contribution in [0.25, 0.3) is 11.1 Å². The van der Waals surface area contributed by atoms with Crippen LogP contribution in [0.15, 0.2) is 109 Å². The van der Waals surface area contributed by atoms with E-state index in [1.807, 2.05) is 6.07 Å². The molecule has 3 heteroatoms. The third kappa shape index (κ3) is 9.51. The molecule has 0 nitrogen and oxygen atoms in total. The Hall–Kier alpha value is -2.44. The Morgan fingerprint density at radius 3 is 1.66 bits per heavy atom. The summed E-state index contributed by atoms with van der Waals surface area (Å²) in [6.45, 7) is 15.8. The van der Waals surface area contributed by atoms with Gasteiger partial charge in [0.1, 0.15) is 0 Å². The molecule has 0 heterocycles. The van der Waals surface area contributed by atoms with Crippen molar-refractivity contribution in [2.75, 3.05) is 0 Å². The molecule has 0 radical (unpaired) electrons. The summed E-state index contributed by atoms with van der Waals surface area (Å²) in [5.74, 6) is 5.22. The molecule has 5 aromatic carbocycles. The van der Waals surface area contributed by atoms with Crippen LogP contribution in [0.1, 0.15) is 124 Å². The second kappa shape index (κ2) is 17.1. The van der Waals surface area contributed by atoms with Gasteiger partial charge in [0, 0.05) is 0 Å². The Morgan fingerprint density at radius 1 is 0.660 bits per heavy atom. The maximum atomic E-state index is 3.30. The first-order chi connectivity index (χ1) is 24.3. The molecule has 0 N–H and O–H groups in total. The van der Waals surface area contributed by atoms with E-state index in [1.54, 1.807) is 37.7 Å². The maximum absolute atomic E-state index is 3.30. The maximum Gasteiger partial charge on any atom is -0.0253 e. The molecular formula is C50H56Cl2Zr-2. The molecule has 0 unspecified atom stereocenters. The summed E-state index contributed by atoms with van der Waals surface area (Å²) in [7, 11) is 0. The zero-order valence-electron chi connectivity index (χ0n) is 32.8. The van der Waals surface area contributed by atoms with E-state index in [2.05, 4.69) is 158 Å². The summed E-state index contributed by atoms with van der Waals surface area (Å²) in [5.41, 5.74) is 14.5. The molecule has 5 aliphatic rings. The van der Waals surface area contributed by atoms with Crippen molar-refractivity contribution in [3.05, 3.63) is 160 Å². The van der Waals surface area contributed by atoms with E-state index < -0.39 is 0 Å². The second-order valence-corrected chi connectivity index (χ2v) is 19.3. The number of fused-ring (bicyclic) bond motifs is 3. The summed E-state index contributed by atoms with van der Waals surface area (Å²) in [6, 6.07) is 43.4. The zero-order valence-corrected chi connectivity index (χ0v) is 36.7. The Kier molecular flexibility index (Phi) is 13.5. The minimum absolute atomic E-state index is 0. The van der Waals surface area contributed by atoms with Gasteiger partial charge in [-0.05, 0) is 62.2 Å². The van der Waals surface area contributed by atoms with Gasteiger partial charge < -0.3 is 24.8 Å². The second-order valence-electron chi connectivity index (χ2n) is 18.1. The van der Waals surface area contributed by atoms with Crippen LogP contribution in [-0.4, -0.2) is 3.21 Å². The Morgan fingerprint density at radius 2 is 1.17 bits per heavy atom. The number of hydrogen-bond donors (Lipinski definition) is 0. The van der Waals surface area contributed by atoms with E-state index in [1.165, 1.54) is 77.5 Å². The van der Waals surface area contributed by atoms with Crippen molar-refractivity contribution in [2.24, 2.45) is 23.7 Å². The third-order valence-corrected chi connectivity index (χ3v) is 13.7. The molecule has 276 valence electrons. The first-order valence-corrected chi connectivity index (χ1v) is 20.7. The monoisotopic (exact) mass is 816 g/mol. The van der Waals surface area contributed by atoms with Gasteiger partial charge in [-0.3, -0.25) is 0 Å². The van der Waals surface area contributed by atoms with Crippen LogP contribution < -0.4 is 24.8 Å². The van der Waals surface area contributed by atoms with Crippen LogP contribution >= 0.6 is 0 Å². The number of aryl methyl sites for hydroxylation is 1. The van der Waals surface area contributed by atoms with Crippen molar-refractivity contribution in [2.45, 2.75) is 104 Å². The fourth-order valence-electron chi connectivity index (χ4n) is 9.70. The molecule has 0 amide bonds. The van der Waals surface area contributed by atoms with Gasteiger partial charge in [-0.1, -0.05) is 48.2 Å². The number of halogens is 2. The quantitative estimate of drug-likeness (QED) is 0.174. The summed E-state index contributed by atoms with van der Waals surface area (Å²) < 4.78 is 1.42. The summed E-state index contributed by atoms with van der Waals surface area (Å²) in [5, 5.41) is 0. The van der Waals surface area contributed by atoms with Crippen molar-refractivity contribution in [3.63, 3.8) is 0 Å². The van der Waals surface area contributed by atoms with E-state index in [-0.39, 0.29) is 35.6 Å². The normalized spacial score (nSPS) is 21.8. The van der Waals surface area contributed by atoms with Crippen LogP contribution in [0, 0.1) is 36.7 Å². The van der Waals surface area contributed by atoms with E-state index in [4.69, 9.17) is 0 Å². The molecule has 5 aliphatic carbocycles. The number of rotatable bonds is 3. The van der Waals surface area contributed by atoms with Crippen molar-refractivity contribution in [1.29, 1.82) is 0 Å². The van der Waals surface area contributed by atoms with Gasteiger partial charge in [0.05, 0.1) is 0 Å². The van der Waals surface area contributed by atoms with Gasteiger partial charge in [-0.25, -0.2) is 6.07 Å². The molecule has 10 rings (SSSR count). The Bertz CT molecular complexity index is 1830. The van der Waals surface area contributed by atoms with Crippen LogP contribution in [-0.2, 0) is 41.5 Å². The molecule has 0 atom stereocenters. The van der Waals surface area contributed by atoms with Gasteiger partial charge in [0.2, 0.25) is 0 Å². The molecular weight excluding hydrogens is 763 g/mol. The minimum Gasteiger partial charge on any atom is -1.00 e. The third-order valence-electron chi connectivity index (χ3n) is 12.2. The van der Waals surface area contributed by atoms with Crippen molar-refractivity contribution < 1.29 is 49.0 Å².